The first kappa shape index (κ1) is 20.6. The zero-order valence-electron chi connectivity index (χ0n) is 15.3. The Kier molecular flexibility index (Phi) is 5.73. The van der Waals surface area contributed by atoms with Crippen LogP contribution in [0.4, 0.5) is 23.4 Å². The molecular weight excluding hydrogens is 390 g/mol. The van der Waals surface area contributed by atoms with Crippen molar-refractivity contribution in [3.05, 3.63) is 70.4 Å². The Morgan fingerprint density at radius 2 is 1.93 bits per heavy atom. The van der Waals surface area contributed by atoms with E-state index in [2.05, 4.69) is 10.3 Å². The SMILES string of the molecule is NC1=C(N(N)c2cc(Cc3cc(F)cc(C(F)(F)F)c3)ccn2)CCCNC1=O. The Hall–Kier alpha value is -3.14. The molecule has 0 saturated heterocycles. The highest BCUT2D eigenvalue weighted by Crippen LogP contribution is 2.31. The van der Waals surface area contributed by atoms with E-state index in [9.17, 15) is 22.4 Å². The second-order valence-corrected chi connectivity index (χ2v) is 6.63. The molecule has 3 rings (SSSR count). The average molecular weight is 409 g/mol. The highest BCUT2D eigenvalue weighted by molar-refractivity contribution is 5.94. The summed E-state index contributed by atoms with van der Waals surface area (Å²) in [4.78, 5) is 16.0. The van der Waals surface area contributed by atoms with E-state index in [1.807, 2.05) is 0 Å². The molecule has 1 aliphatic heterocycles. The van der Waals surface area contributed by atoms with Crippen molar-refractivity contribution < 1.29 is 22.4 Å². The second kappa shape index (κ2) is 8.08. The number of benzene rings is 1. The lowest BCUT2D eigenvalue weighted by Gasteiger charge is -2.22. The topological polar surface area (TPSA) is 97.3 Å². The van der Waals surface area contributed by atoms with Crippen LogP contribution < -0.4 is 21.9 Å². The van der Waals surface area contributed by atoms with Gasteiger partial charge in [-0.05, 0) is 60.7 Å². The van der Waals surface area contributed by atoms with Crippen molar-refractivity contribution in [1.29, 1.82) is 0 Å². The molecule has 0 bridgehead atoms. The minimum absolute atomic E-state index is 0.0165. The third kappa shape index (κ3) is 4.83. The van der Waals surface area contributed by atoms with Crippen molar-refractivity contribution in [3.63, 3.8) is 0 Å². The summed E-state index contributed by atoms with van der Waals surface area (Å²) in [6.07, 6.45) is -2.08. The van der Waals surface area contributed by atoms with Gasteiger partial charge in [0.1, 0.15) is 17.3 Å². The van der Waals surface area contributed by atoms with Crippen LogP contribution in [0.3, 0.4) is 0 Å². The van der Waals surface area contributed by atoms with Gasteiger partial charge in [-0.2, -0.15) is 13.2 Å². The number of nitrogens with zero attached hydrogens (tertiary/aromatic N) is 2. The third-order valence-corrected chi connectivity index (χ3v) is 4.47. The van der Waals surface area contributed by atoms with Crippen LogP contribution in [0.5, 0.6) is 0 Å². The molecule has 1 aliphatic rings. The molecule has 29 heavy (non-hydrogen) atoms. The fourth-order valence-corrected chi connectivity index (χ4v) is 3.06. The third-order valence-electron chi connectivity index (χ3n) is 4.47. The number of rotatable bonds is 4. The molecule has 0 saturated carbocycles. The molecular formula is C19H19F4N5O. The molecule has 0 radical (unpaired) electrons. The number of aromatic nitrogens is 1. The lowest BCUT2D eigenvalue weighted by Crippen LogP contribution is -2.35. The van der Waals surface area contributed by atoms with Gasteiger partial charge in [0.2, 0.25) is 0 Å². The maximum Gasteiger partial charge on any atom is 0.416 e. The largest absolute Gasteiger partial charge is 0.416 e. The summed E-state index contributed by atoms with van der Waals surface area (Å²) >= 11 is 0. The van der Waals surface area contributed by atoms with Crippen LogP contribution >= 0.6 is 0 Å². The van der Waals surface area contributed by atoms with Crippen molar-refractivity contribution in [3.8, 4) is 0 Å². The number of allylic oxidation sites excluding steroid dienone is 1. The van der Waals surface area contributed by atoms with E-state index in [4.69, 9.17) is 11.6 Å². The highest BCUT2D eigenvalue weighted by Gasteiger charge is 2.31. The molecule has 154 valence electrons. The van der Waals surface area contributed by atoms with E-state index in [0.29, 0.717) is 36.7 Å². The molecule has 1 amide bonds. The standard InChI is InChI=1S/C19H19F4N5O/c20-14-8-12(7-13(10-14)19(21,22)23)6-11-3-5-26-16(9-11)28(25)15-2-1-4-27-18(29)17(15)24/h3,5,7-10H,1-2,4,6,24-25H2,(H,27,29). The Balaban J connectivity index is 1.88. The maximum absolute atomic E-state index is 13.6. The fraction of sp³-hybridized carbons (Fsp3) is 0.263. The van der Waals surface area contributed by atoms with Crippen LogP contribution in [0.2, 0.25) is 0 Å². The van der Waals surface area contributed by atoms with E-state index >= 15 is 0 Å². The van der Waals surface area contributed by atoms with E-state index in [-0.39, 0.29) is 23.5 Å². The van der Waals surface area contributed by atoms with Crippen molar-refractivity contribution in [1.82, 2.24) is 10.3 Å². The number of hydrogen-bond acceptors (Lipinski definition) is 5. The summed E-state index contributed by atoms with van der Waals surface area (Å²) in [6.45, 7) is 0.464. The zero-order valence-corrected chi connectivity index (χ0v) is 15.3. The first-order chi connectivity index (χ1) is 13.6. The van der Waals surface area contributed by atoms with E-state index in [1.54, 1.807) is 12.1 Å². The molecule has 0 aliphatic carbocycles. The Morgan fingerprint density at radius 1 is 1.17 bits per heavy atom. The van der Waals surface area contributed by atoms with Crippen LogP contribution in [-0.4, -0.2) is 17.4 Å². The molecule has 1 aromatic heterocycles. The number of hydrogen-bond donors (Lipinski definition) is 3. The lowest BCUT2D eigenvalue weighted by atomic mass is 10.0. The average Bonchev–Trinajstić information content (AvgIpc) is 2.82. The highest BCUT2D eigenvalue weighted by atomic mass is 19.4. The fourth-order valence-electron chi connectivity index (χ4n) is 3.06. The number of carbonyl (C=O) groups excluding carboxylic acids is 1. The molecule has 0 atom stereocenters. The molecule has 1 aromatic carbocycles. The van der Waals surface area contributed by atoms with Crippen molar-refractivity contribution >= 4 is 11.7 Å². The molecule has 10 heteroatoms. The summed E-state index contributed by atoms with van der Waals surface area (Å²) in [5, 5.41) is 3.84. The smallest absolute Gasteiger partial charge is 0.393 e. The quantitative estimate of drug-likeness (QED) is 0.410. The number of halogens is 4. The summed E-state index contributed by atoms with van der Waals surface area (Å²) in [7, 11) is 0. The predicted molar refractivity (Wildman–Crippen MR) is 98.6 cm³/mol. The summed E-state index contributed by atoms with van der Waals surface area (Å²) in [6, 6.07) is 5.55. The van der Waals surface area contributed by atoms with Gasteiger partial charge in [-0.3, -0.25) is 9.80 Å². The minimum Gasteiger partial charge on any atom is -0.393 e. The molecule has 2 heterocycles. The Bertz CT molecular complexity index is 958. The van der Waals surface area contributed by atoms with Gasteiger partial charge in [0.25, 0.3) is 5.91 Å². The van der Waals surface area contributed by atoms with Gasteiger partial charge in [0.15, 0.2) is 0 Å². The van der Waals surface area contributed by atoms with Crippen LogP contribution in [0.1, 0.15) is 29.5 Å². The van der Waals surface area contributed by atoms with Gasteiger partial charge < -0.3 is 11.1 Å². The van der Waals surface area contributed by atoms with Gasteiger partial charge >= 0.3 is 6.18 Å². The summed E-state index contributed by atoms with van der Waals surface area (Å²) < 4.78 is 52.4. The maximum atomic E-state index is 13.6. The number of hydrazine groups is 1. The van der Waals surface area contributed by atoms with Crippen molar-refractivity contribution in [2.75, 3.05) is 11.6 Å². The second-order valence-electron chi connectivity index (χ2n) is 6.63. The number of nitrogens with two attached hydrogens (primary N) is 2. The van der Waals surface area contributed by atoms with Gasteiger partial charge in [-0.15, -0.1) is 0 Å². The molecule has 5 N–H and O–H groups in total. The molecule has 2 aromatic rings. The first-order valence-corrected chi connectivity index (χ1v) is 8.78. The lowest BCUT2D eigenvalue weighted by molar-refractivity contribution is -0.137. The molecule has 0 fully saturated rings. The molecule has 0 spiro atoms. The number of amides is 1. The number of alkyl halides is 3. The minimum atomic E-state index is -4.64. The van der Waals surface area contributed by atoms with E-state index in [0.717, 1.165) is 12.1 Å². The van der Waals surface area contributed by atoms with Crippen LogP contribution in [-0.2, 0) is 17.4 Å². The first-order valence-electron chi connectivity index (χ1n) is 8.78. The summed E-state index contributed by atoms with van der Waals surface area (Å²) in [5.41, 5.74) is 5.93. The summed E-state index contributed by atoms with van der Waals surface area (Å²) in [5.74, 6) is 4.98. The van der Waals surface area contributed by atoms with E-state index in [1.165, 1.54) is 11.2 Å². The molecule has 0 unspecified atom stereocenters. The number of carbonyl (C=O) groups is 1. The predicted octanol–water partition coefficient (Wildman–Crippen LogP) is 2.59. The van der Waals surface area contributed by atoms with Gasteiger partial charge in [-0.25, -0.2) is 15.2 Å². The number of nitrogens with one attached hydrogen (secondary N) is 1. The van der Waals surface area contributed by atoms with Crippen LogP contribution in [0.15, 0.2) is 47.9 Å². The normalized spacial score (nSPS) is 15.1. The van der Waals surface area contributed by atoms with Gasteiger partial charge in [0.05, 0.1) is 11.3 Å². The number of anilines is 1. The van der Waals surface area contributed by atoms with Crippen LogP contribution in [0, 0.1) is 5.82 Å². The van der Waals surface area contributed by atoms with Crippen molar-refractivity contribution in [2.24, 2.45) is 11.6 Å². The van der Waals surface area contributed by atoms with E-state index < -0.39 is 23.5 Å². The monoisotopic (exact) mass is 409 g/mol. The van der Waals surface area contributed by atoms with Gasteiger partial charge in [-0.1, -0.05) is 0 Å². The molecule has 6 nitrogen and oxygen atoms in total. The van der Waals surface area contributed by atoms with Gasteiger partial charge in [0, 0.05) is 12.7 Å². The van der Waals surface area contributed by atoms with Crippen molar-refractivity contribution in [2.45, 2.75) is 25.4 Å². The van der Waals surface area contributed by atoms with Crippen LogP contribution in [0.25, 0.3) is 0 Å². The zero-order chi connectivity index (χ0) is 21.2. The Labute approximate surface area is 164 Å². The Morgan fingerprint density at radius 3 is 2.66 bits per heavy atom. The number of pyridine rings is 1.